The van der Waals surface area contributed by atoms with Gasteiger partial charge in [-0.3, -0.25) is 0 Å². The number of rotatable bonds is 1. The molecule has 0 spiro atoms. The van der Waals surface area contributed by atoms with Crippen molar-refractivity contribution in [1.29, 1.82) is 0 Å². The Morgan fingerprint density at radius 1 is 1.43 bits per heavy atom. The van der Waals surface area contributed by atoms with Gasteiger partial charge in [-0.1, -0.05) is 0 Å². The zero-order valence-electron chi connectivity index (χ0n) is 6.95. The fourth-order valence-corrected chi connectivity index (χ4v) is 2.86. The lowest BCUT2D eigenvalue weighted by Crippen LogP contribution is -1.89. The van der Waals surface area contributed by atoms with Crippen LogP contribution in [-0.4, -0.2) is 11.1 Å². The Morgan fingerprint density at radius 3 is 2.79 bits per heavy atom. The molecule has 14 heavy (non-hydrogen) atoms. The van der Waals surface area contributed by atoms with Crippen molar-refractivity contribution in [2.24, 2.45) is 0 Å². The van der Waals surface area contributed by atoms with Gasteiger partial charge in [-0.2, -0.15) is 0 Å². The summed E-state index contributed by atoms with van der Waals surface area (Å²) in [5.74, 6) is -0.906. The normalized spacial score (nSPS) is 10.6. The number of thiophene rings is 1. The van der Waals surface area contributed by atoms with Gasteiger partial charge in [0.05, 0.1) is 0 Å². The minimum Gasteiger partial charge on any atom is -0.477 e. The van der Waals surface area contributed by atoms with Crippen LogP contribution in [0.1, 0.15) is 9.67 Å². The number of benzene rings is 1. The number of nitrogen functional groups attached to an aromatic ring is 1. The van der Waals surface area contributed by atoms with Crippen LogP contribution in [-0.2, 0) is 0 Å². The smallest absolute Gasteiger partial charge is 0.345 e. The SMILES string of the molecule is Nc1cc(Br)c2sc(C(=O)O)cc2c1. The van der Waals surface area contributed by atoms with E-state index < -0.39 is 5.97 Å². The summed E-state index contributed by atoms with van der Waals surface area (Å²) in [5, 5.41) is 9.67. The summed E-state index contributed by atoms with van der Waals surface area (Å²) < 4.78 is 1.75. The highest BCUT2D eigenvalue weighted by molar-refractivity contribution is 9.10. The zero-order valence-corrected chi connectivity index (χ0v) is 9.35. The van der Waals surface area contributed by atoms with Crippen LogP contribution < -0.4 is 5.73 Å². The number of carbonyl (C=O) groups is 1. The summed E-state index contributed by atoms with van der Waals surface area (Å²) in [6.45, 7) is 0. The summed E-state index contributed by atoms with van der Waals surface area (Å²) >= 11 is 4.59. The van der Waals surface area contributed by atoms with Crippen molar-refractivity contribution >= 4 is 49.0 Å². The van der Waals surface area contributed by atoms with Gasteiger partial charge in [0.15, 0.2) is 0 Å². The Bertz CT molecular complexity index is 521. The Labute approximate surface area is 92.3 Å². The molecule has 0 aliphatic rings. The molecule has 2 aromatic rings. The molecular formula is C9H6BrNO2S. The first-order valence-corrected chi connectivity index (χ1v) is 5.41. The highest BCUT2D eigenvalue weighted by Crippen LogP contribution is 2.33. The zero-order chi connectivity index (χ0) is 10.3. The van der Waals surface area contributed by atoms with E-state index in [1.807, 2.05) is 0 Å². The molecular weight excluding hydrogens is 266 g/mol. The van der Waals surface area contributed by atoms with E-state index >= 15 is 0 Å². The summed E-state index contributed by atoms with van der Waals surface area (Å²) in [6, 6.07) is 5.16. The van der Waals surface area contributed by atoms with Gasteiger partial charge in [-0.05, 0) is 39.5 Å². The molecule has 72 valence electrons. The lowest BCUT2D eigenvalue weighted by molar-refractivity contribution is 0.0702. The topological polar surface area (TPSA) is 63.3 Å². The van der Waals surface area contributed by atoms with Crippen LogP contribution >= 0.6 is 27.3 Å². The molecule has 5 heteroatoms. The second-order valence-corrected chi connectivity index (χ2v) is 4.74. The predicted molar refractivity (Wildman–Crippen MR) is 60.9 cm³/mol. The number of hydrogen-bond donors (Lipinski definition) is 2. The van der Waals surface area contributed by atoms with Crippen LogP contribution in [0.5, 0.6) is 0 Å². The van der Waals surface area contributed by atoms with Crippen LogP contribution in [0.3, 0.4) is 0 Å². The molecule has 3 N–H and O–H groups in total. The monoisotopic (exact) mass is 271 g/mol. The average Bonchev–Trinajstić information content (AvgIpc) is 2.47. The van der Waals surface area contributed by atoms with Crippen molar-refractivity contribution in [2.75, 3.05) is 5.73 Å². The van der Waals surface area contributed by atoms with Crippen molar-refractivity contribution < 1.29 is 9.90 Å². The fraction of sp³-hybridized carbons (Fsp3) is 0. The third-order valence-corrected chi connectivity index (χ3v) is 3.86. The van der Waals surface area contributed by atoms with Crippen molar-refractivity contribution in [2.45, 2.75) is 0 Å². The second-order valence-electron chi connectivity index (χ2n) is 2.84. The maximum atomic E-state index is 10.7. The molecule has 0 amide bonds. The Kier molecular flexibility index (Phi) is 2.20. The number of carboxylic acid groups (broad SMARTS) is 1. The quantitative estimate of drug-likeness (QED) is 0.784. The second kappa shape index (κ2) is 3.25. The molecule has 0 fully saturated rings. The van der Waals surface area contributed by atoms with Crippen LogP contribution in [0.2, 0.25) is 0 Å². The van der Waals surface area contributed by atoms with E-state index in [0.717, 1.165) is 14.6 Å². The molecule has 0 aliphatic carbocycles. The molecule has 3 nitrogen and oxygen atoms in total. The minimum absolute atomic E-state index is 0.325. The number of carboxylic acids is 1. The molecule has 0 atom stereocenters. The predicted octanol–water partition coefficient (Wildman–Crippen LogP) is 2.94. The van der Waals surface area contributed by atoms with Crippen LogP contribution in [0.15, 0.2) is 22.7 Å². The van der Waals surface area contributed by atoms with E-state index in [-0.39, 0.29) is 0 Å². The number of halogens is 1. The number of hydrogen-bond acceptors (Lipinski definition) is 3. The molecule has 0 radical (unpaired) electrons. The molecule has 0 saturated carbocycles. The van der Waals surface area contributed by atoms with Gasteiger partial charge in [0.25, 0.3) is 0 Å². The summed E-state index contributed by atoms with van der Waals surface area (Å²) in [5.41, 5.74) is 6.26. The Morgan fingerprint density at radius 2 is 2.14 bits per heavy atom. The van der Waals surface area contributed by atoms with Gasteiger partial charge in [0, 0.05) is 14.9 Å². The number of fused-ring (bicyclic) bond motifs is 1. The lowest BCUT2D eigenvalue weighted by Gasteiger charge is -1.95. The van der Waals surface area contributed by atoms with Crippen LogP contribution in [0.25, 0.3) is 10.1 Å². The van der Waals surface area contributed by atoms with Crippen molar-refractivity contribution in [1.82, 2.24) is 0 Å². The first-order chi connectivity index (χ1) is 6.58. The number of nitrogens with two attached hydrogens (primary N) is 1. The fourth-order valence-electron chi connectivity index (χ4n) is 1.24. The molecule has 0 bridgehead atoms. The van der Waals surface area contributed by atoms with Crippen molar-refractivity contribution in [3.63, 3.8) is 0 Å². The first kappa shape index (κ1) is 9.48. The maximum Gasteiger partial charge on any atom is 0.345 e. The van der Waals surface area contributed by atoms with Gasteiger partial charge in [0.2, 0.25) is 0 Å². The van der Waals surface area contributed by atoms with Crippen LogP contribution in [0.4, 0.5) is 5.69 Å². The molecule has 1 aromatic heterocycles. The minimum atomic E-state index is -0.906. The van der Waals surface area contributed by atoms with Gasteiger partial charge < -0.3 is 10.8 Å². The third kappa shape index (κ3) is 1.49. The van der Waals surface area contributed by atoms with E-state index in [1.165, 1.54) is 11.3 Å². The molecule has 2 rings (SSSR count). The largest absolute Gasteiger partial charge is 0.477 e. The van der Waals surface area contributed by atoms with E-state index in [0.29, 0.717) is 10.6 Å². The van der Waals surface area contributed by atoms with Gasteiger partial charge in [0.1, 0.15) is 4.88 Å². The van der Waals surface area contributed by atoms with E-state index in [9.17, 15) is 4.79 Å². The lowest BCUT2D eigenvalue weighted by atomic mass is 10.2. The third-order valence-electron chi connectivity index (χ3n) is 1.80. The van der Waals surface area contributed by atoms with Crippen molar-refractivity contribution in [3.8, 4) is 0 Å². The Balaban J connectivity index is 2.76. The van der Waals surface area contributed by atoms with Gasteiger partial charge >= 0.3 is 5.97 Å². The molecule has 1 aromatic carbocycles. The van der Waals surface area contributed by atoms with E-state index in [4.69, 9.17) is 10.8 Å². The standard InChI is InChI=1S/C9H6BrNO2S/c10-6-3-5(11)1-4-2-7(9(12)13)14-8(4)6/h1-3H,11H2,(H,12,13). The Hall–Kier alpha value is -1.07. The average molecular weight is 272 g/mol. The molecule has 1 heterocycles. The highest BCUT2D eigenvalue weighted by atomic mass is 79.9. The molecule has 0 unspecified atom stereocenters. The number of aromatic carboxylic acids is 1. The van der Waals surface area contributed by atoms with Gasteiger partial charge in [-0.15, -0.1) is 11.3 Å². The highest BCUT2D eigenvalue weighted by Gasteiger charge is 2.10. The van der Waals surface area contributed by atoms with Crippen molar-refractivity contribution in [3.05, 3.63) is 27.5 Å². The molecule has 0 aliphatic heterocycles. The number of anilines is 1. The van der Waals surface area contributed by atoms with E-state index in [1.54, 1.807) is 18.2 Å². The summed E-state index contributed by atoms with van der Waals surface area (Å²) in [4.78, 5) is 11.1. The summed E-state index contributed by atoms with van der Waals surface area (Å²) in [7, 11) is 0. The summed E-state index contributed by atoms with van der Waals surface area (Å²) in [6.07, 6.45) is 0. The van der Waals surface area contributed by atoms with E-state index in [2.05, 4.69) is 15.9 Å². The first-order valence-electron chi connectivity index (χ1n) is 3.80. The van der Waals surface area contributed by atoms with Gasteiger partial charge in [-0.25, -0.2) is 4.79 Å². The maximum absolute atomic E-state index is 10.7. The molecule has 0 saturated heterocycles. The van der Waals surface area contributed by atoms with Crippen LogP contribution in [0, 0.1) is 0 Å².